The Balaban J connectivity index is 2.02. The van der Waals surface area contributed by atoms with Gasteiger partial charge in [0.1, 0.15) is 5.82 Å². The molecule has 1 fully saturated rings. The van der Waals surface area contributed by atoms with Crippen LogP contribution < -0.4 is 5.32 Å². The summed E-state index contributed by atoms with van der Waals surface area (Å²) < 4.78 is 2.62. The summed E-state index contributed by atoms with van der Waals surface area (Å²) in [6, 6.07) is 0.698. The second kappa shape index (κ2) is 4.69. The Morgan fingerprint density at radius 3 is 2.83 bits per heavy atom. The van der Waals surface area contributed by atoms with E-state index in [1.807, 2.05) is 0 Å². The molecule has 100 valence electrons. The minimum atomic E-state index is 0.698. The van der Waals surface area contributed by atoms with Crippen molar-refractivity contribution in [2.75, 3.05) is 6.54 Å². The average molecular weight is 247 g/mol. The zero-order valence-corrected chi connectivity index (χ0v) is 11.9. The molecular weight excluding hydrogens is 222 g/mol. The Bertz CT molecular complexity index is 435. The number of nitrogens with zero attached hydrogens (tertiary/aromatic N) is 2. The third kappa shape index (κ3) is 1.80. The van der Waals surface area contributed by atoms with Crippen molar-refractivity contribution in [1.82, 2.24) is 14.9 Å². The Hall–Kier alpha value is -0.830. The topological polar surface area (TPSA) is 29.9 Å². The lowest BCUT2D eigenvalue weighted by atomic mass is 9.97. The van der Waals surface area contributed by atoms with E-state index in [4.69, 9.17) is 4.98 Å². The third-order valence-electron chi connectivity index (χ3n) is 5.07. The standard InChI is InChI=1S/C15H25N3/c1-4-15-17-12-9-16-8-7-14(12)18(15)13-6-5-10(2)11(13)3/h10-11,13,16H,4-9H2,1-3H3. The van der Waals surface area contributed by atoms with Crippen molar-refractivity contribution in [3.63, 3.8) is 0 Å². The summed E-state index contributed by atoms with van der Waals surface area (Å²) in [5.74, 6) is 2.97. The largest absolute Gasteiger partial charge is 0.328 e. The highest BCUT2D eigenvalue weighted by Gasteiger charge is 2.34. The highest BCUT2D eigenvalue weighted by atomic mass is 15.1. The summed E-state index contributed by atoms with van der Waals surface area (Å²) in [5.41, 5.74) is 2.83. The molecular formula is C15H25N3. The van der Waals surface area contributed by atoms with Crippen molar-refractivity contribution in [2.24, 2.45) is 11.8 Å². The SMILES string of the molecule is CCc1nc2c(n1C1CCC(C)C1C)CCNC2. The highest BCUT2D eigenvalue weighted by molar-refractivity contribution is 5.22. The molecule has 18 heavy (non-hydrogen) atoms. The molecule has 0 bridgehead atoms. The Kier molecular flexibility index (Phi) is 3.18. The summed E-state index contributed by atoms with van der Waals surface area (Å²) in [5, 5.41) is 3.44. The first-order valence-electron chi connectivity index (χ1n) is 7.52. The van der Waals surface area contributed by atoms with Gasteiger partial charge >= 0.3 is 0 Å². The van der Waals surface area contributed by atoms with Gasteiger partial charge in [0.15, 0.2) is 0 Å². The number of nitrogens with one attached hydrogen (secondary N) is 1. The first-order valence-corrected chi connectivity index (χ1v) is 7.52. The molecule has 2 heterocycles. The van der Waals surface area contributed by atoms with Crippen LogP contribution in [0.5, 0.6) is 0 Å². The summed E-state index contributed by atoms with van der Waals surface area (Å²) >= 11 is 0. The van der Waals surface area contributed by atoms with Gasteiger partial charge in [0.05, 0.1) is 5.69 Å². The van der Waals surface area contributed by atoms with Crippen LogP contribution in [0.1, 0.15) is 56.9 Å². The molecule has 0 saturated heterocycles. The number of imidazole rings is 1. The van der Waals surface area contributed by atoms with Gasteiger partial charge in [-0.2, -0.15) is 0 Å². The van der Waals surface area contributed by atoms with E-state index in [2.05, 4.69) is 30.7 Å². The molecule has 1 N–H and O–H groups in total. The Morgan fingerprint density at radius 1 is 1.33 bits per heavy atom. The highest BCUT2D eigenvalue weighted by Crippen LogP contribution is 2.41. The van der Waals surface area contributed by atoms with Crippen LogP contribution in [0.15, 0.2) is 0 Å². The second-order valence-electron chi connectivity index (χ2n) is 6.05. The molecule has 0 aromatic carbocycles. The van der Waals surface area contributed by atoms with Gasteiger partial charge in [-0.25, -0.2) is 4.98 Å². The average Bonchev–Trinajstić information content (AvgIpc) is 2.91. The molecule has 1 aliphatic heterocycles. The molecule has 0 spiro atoms. The summed E-state index contributed by atoms with van der Waals surface area (Å²) in [7, 11) is 0. The van der Waals surface area contributed by atoms with E-state index in [1.54, 1.807) is 0 Å². The maximum absolute atomic E-state index is 4.87. The number of fused-ring (bicyclic) bond motifs is 1. The summed E-state index contributed by atoms with van der Waals surface area (Å²) in [4.78, 5) is 4.87. The van der Waals surface area contributed by atoms with Crippen molar-refractivity contribution in [3.8, 4) is 0 Å². The molecule has 1 aliphatic carbocycles. The zero-order chi connectivity index (χ0) is 12.7. The van der Waals surface area contributed by atoms with Crippen LogP contribution in [-0.4, -0.2) is 16.1 Å². The first kappa shape index (κ1) is 12.2. The van der Waals surface area contributed by atoms with E-state index in [0.717, 1.165) is 37.8 Å². The van der Waals surface area contributed by atoms with Gasteiger partial charge in [0.2, 0.25) is 0 Å². The van der Waals surface area contributed by atoms with Crippen LogP contribution in [0.25, 0.3) is 0 Å². The molecule has 3 rings (SSSR count). The Labute approximate surface area is 110 Å². The van der Waals surface area contributed by atoms with Crippen molar-refractivity contribution < 1.29 is 0 Å². The molecule has 0 radical (unpaired) electrons. The lowest BCUT2D eigenvalue weighted by Gasteiger charge is -2.25. The third-order valence-corrected chi connectivity index (χ3v) is 5.07. The maximum Gasteiger partial charge on any atom is 0.109 e. The fourth-order valence-electron chi connectivity index (χ4n) is 3.73. The lowest BCUT2D eigenvalue weighted by molar-refractivity contribution is 0.338. The van der Waals surface area contributed by atoms with Crippen LogP contribution >= 0.6 is 0 Å². The van der Waals surface area contributed by atoms with Gasteiger partial charge in [-0.05, 0) is 24.7 Å². The molecule has 3 atom stereocenters. The van der Waals surface area contributed by atoms with Crippen LogP contribution in [-0.2, 0) is 19.4 Å². The van der Waals surface area contributed by atoms with Gasteiger partial charge in [-0.3, -0.25) is 0 Å². The van der Waals surface area contributed by atoms with Crippen molar-refractivity contribution in [1.29, 1.82) is 0 Å². The molecule has 1 aromatic rings. The van der Waals surface area contributed by atoms with E-state index in [-0.39, 0.29) is 0 Å². The molecule has 0 amide bonds. The molecule has 2 aliphatic rings. The number of hydrogen-bond donors (Lipinski definition) is 1. The van der Waals surface area contributed by atoms with Gasteiger partial charge < -0.3 is 9.88 Å². The second-order valence-corrected chi connectivity index (χ2v) is 6.05. The number of hydrogen-bond acceptors (Lipinski definition) is 2. The van der Waals surface area contributed by atoms with Crippen molar-refractivity contribution >= 4 is 0 Å². The van der Waals surface area contributed by atoms with E-state index in [0.29, 0.717) is 6.04 Å². The molecule has 3 heteroatoms. The molecule has 3 unspecified atom stereocenters. The fourth-order valence-corrected chi connectivity index (χ4v) is 3.73. The molecule has 1 saturated carbocycles. The van der Waals surface area contributed by atoms with Gasteiger partial charge in [-0.1, -0.05) is 20.8 Å². The predicted octanol–water partition coefficient (Wildman–Crippen LogP) is 2.70. The van der Waals surface area contributed by atoms with E-state index in [1.165, 1.54) is 30.1 Å². The first-order chi connectivity index (χ1) is 8.72. The number of aryl methyl sites for hydroxylation is 1. The van der Waals surface area contributed by atoms with E-state index < -0.39 is 0 Å². The van der Waals surface area contributed by atoms with Crippen molar-refractivity contribution in [2.45, 2.75) is 59.0 Å². The quantitative estimate of drug-likeness (QED) is 0.871. The normalized spacial score (nSPS) is 31.6. The fraction of sp³-hybridized carbons (Fsp3) is 0.800. The summed E-state index contributed by atoms with van der Waals surface area (Å²) in [6.07, 6.45) is 4.93. The molecule has 3 nitrogen and oxygen atoms in total. The maximum atomic E-state index is 4.87. The minimum absolute atomic E-state index is 0.698. The smallest absolute Gasteiger partial charge is 0.109 e. The minimum Gasteiger partial charge on any atom is -0.328 e. The van der Waals surface area contributed by atoms with Crippen LogP contribution in [0, 0.1) is 11.8 Å². The number of rotatable bonds is 2. The van der Waals surface area contributed by atoms with Crippen LogP contribution in [0.3, 0.4) is 0 Å². The summed E-state index contributed by atoms with van der Waals surface area (Å²) in [6.45, 7) is 9.14. The zero-order valence-electron chi connectivity index (χ0n) is 11.9. The van der Waals surface area contributed by atoms with Gasteiger partial charge in [0, 0.05) is 37.7 Å². The lowest BCUT2D eigenvalue weighted by Crippen LogP contribution is -2.27. The van der Waals surface area contributed by atoms with Crippen molar-refractivity contribution in [3.05, 3.63) is 17.2 Å². The molecule has 1 aromatic heterocycles. The van der Waals surface area contributed by atoms with Gasteiger partial charge in [0.25, 0.3) is 0 Å². The monoisotopic (exact) mass is 247 g/mol. The van der Waals surface area contributed by atoms with Crippen LogP contribution in [0.4, 0.5) is 0 Å². The Morgan fingerprint density at radius 2 is 2.17 bits per heavy atom. The predicted molar refractivity (Wildman–Crippen MR) is 73.6 cm³/mol. The van der Waals surface area contributed by atoms with E-state index >= 15 is 0 Å². The number of aromatic nitrogens is 2. The van der Waals surface area contributed by atoms with Gasteiger partial charge in [-0.15, -0.1) is 0 Å². The van der Waals surface area contributed by atoms with Crippen LogP contribution in [0.2, 0.25) is 0 Å². The van der Waals surface area contributed by atoms with E-state index in [9.17, 15) is 0 Å².